The number of carbonyl (C=O) groups is 1. The first-order valence-corrected chi connectivity index (χ1v) is 9.83. The number of rotatable bonds is 5. The number of aromatic nitrogens is 1. The monoisotopic (exact) mass is 410 g/mol. The van der Waals surface area contributed by atoms with Crippen molar-refractivity contribution in [3.63, 3.8) is 0 Å². The second-order valence-corrected chi connectivity index (χ2v) is 7.10. The molecule has 2 aromatic carbocycles. The van der Waals surface area contributed by atoms with E-state index in [1.54, 1.807) is 66.9 Å². The van der Waals surface area contributed by atoms with Crippen LogP contribution >= 0.6 is 0 Å². The molecule has 1 unspecified atom stereocenters. The largest absolute Gasteiger partial charge is 0.490 e. The van der Waals surface area contributed by atoms with E-state index in [0.29, 0.717) is 34.7 Å². The highest BCUT2D eigenvalue weighted by Crippen LogP contribution is 2.40. The van der Waals surface area contributed by atoms with Crippen LogP contribution in [0.2, 0.25) is 0 Å². The van der Waals surface area contributed by atoms with E-state index >= 15 is 0 Å². The third-order valence-electron chi connectivity index (χ3n) is 5.24. The van der Waals surface area contributed by atoms with E-state index < -0.39 is 11.9 Å². The minimum absolute atomic E-state index is 0.0475. The molecule has 0 aliphatic carbocycles. The van der Waals surface area contributed by atoms with Gasteiger partial charge in [0.15, 0.2) is 5.43 Å². The average molecular weight is 410 g/mol. The van der Waals surface area contributed by atoms with Crippen LogP contribution in [-0.4, -0.2) is 17.5 Å². The maximum atomic E-state index is 13.4. The van der Waals surface area contributed by atoms with Crippen molar-refractivity contribution in [3.05, 3.63) is 113 Å². The molecule has 31 heavy (non-hydrogen) atoms. The van der Waals surface area contributed by atoms with Gasteiger partial charge in [0, 0.05) is 6.20 Å². The Morgan fingerprint density at radius 3 is 2.55 bits per heavy atom. The number of nitrogens with zero attached hydrogens (tertiary/aromatic N) is 2. The van der Waals surface area contributed by atoms with Crippen LogP contribution in [0.5, 0.6) is 5.75 Å². The molecule has 6 nitrogen and oxygen atoms in total. The van der Waals surface area contributed by atoms with Gasteiger partial charge in [-0.25, -0.2) is 4.98 Å². The van der Waals surface area contributed by atoms with Crippen LogP contribution in [0.15, 0.2) is 94.8 Å². The standard InChI is InChI=1S/C25H18N2O4/c1-2-15-30-17-12-10-16(11-13-17)22-21-23(28)18-7-3-4-8-19(18)31-24(21)25(29)27(22)20-9-5-6-14-26-20/h2-14,22H,1,15H2. The molecule has 1 amide bonds. The number of pyridine rings is 1. The van der Waals surface area contributed by atoms with Gasteiger partial charge in [-0.05, 0) is 42.0 Å². The zero-order valence-electron chi connectivity index (χ0n) is 16.5. The van der Waals surface area contributed by atoms with Crippen molar-refractivity contribution >= 4 is 22.7 Å². The number of amides is 1. The molecule has 4 aromatic rings. The molecule has 0 spiro atoms. The van der Waals surface area contributed by atoms with Crippen molar-refractivity contribution in [1.82, 2.24) is 4.98 Å². The summed E-state index contributed by atoms with van der Waals surface area (Å²) in [6, 6.07) is 18.9. The summed E-state index contributed by atoms with van der Waals surface area (Å²) in [5.74, 6) is 0.766. The predicted octanol–water partition coefficient (Wildman–Crippen LogP) is 4.50. The number of anilines is 1. The van der Waals surface area contributed by atoms with Crippen LogP contribution in [0.1, 0.15) is 27.7 Å². The first-order valence-electron chi connectivity index (χ1n) is 9.83. The molecule has 0 fully saturated rings. The number of hydrogen-bond acceptors (Lipinski definition) is 5. The fourth-order valence-corrected chi connectivity index (χ4v) is 3.87. The van der Waals surface area contributed by atoms with Gasteiger partial charge in [0.05, 0.1) is 17.0 Å². The lowest BCUT2D eigenvalue weighted by Gasteiger charge is -2.24. The molecule has 3 heterocycles. The van der Waals surface area contributed by atoms with E-state index in [0.717, 1.165) is 5.56 Å². The zero-order chi connectivity index (χ0) is 21.4. The van der Waals surface area contributed by atoms with Crippen molar-refractivity contribution in [1.29, 1.82) is 0 Å². The predicted molar refractivity (Wildman–Crippen MR) is 118 cm³/mol. The molecule has 1 aliphatic rings. The number of hydrogen-bond donors (Lipinski definition) is 0. The molecule has 2 aromatic heterocycles. The molecule has 0 saturated carbocycles. The summed E-state index contributed by atoms with van der Waals surface area (Å²) < 4.78 is 11.5. The minimum Gasteiger partial charge on any atom is -0.490 e. The molecule has 0 saturated heterocycles. The zero-order valence-corrected chi connectivity index (χ0v) is 16.5. The number of ether oxygens (including phenoxy) is 1. The molecule has 0 radical (unpaired) electrons. The lowest BCUT2D eigenvalue weighted by Crippen LogP contribution is -2.30. The third-order valence-corrected chi connectivity index (χ3v) is 5.24. The van der Waals surface area contributed by atoms with Gasteiger partial charge >= 0.3 is 0 Å². The Labute approximate surface area is 178 Å². The quantitative estimate of drug-likeness (QED) is 0.453. The van der Waals surface area contributed by atoms with Gasteiger partial charge in [0.1, 0.15) is 23.8 Å². The number of para-hydroxylation sites is 1. The SMILES string of the molecule is C=CCOc1ccc(C2c3c(oc4ccccc4c3=O)C(=O)N2c2ccccn2)cc1. The molecule has 6 heteroatoms. The van der Waals surface area contributed by atoms with Gasteiger partial charge in [0.2, 0.25) is 5.76 Å². The Bertz CT molecular complexity index is 1340. The van der Waals surface area contributed by atoms with Crippen LogP contribution in [0.4, 0.5) is 5.82 Å². The van der Waals surface area contributed by atoms with Crippen LogP contribution in [0.25, 0.3) is 11.0 Å². The van der Waals surface area contributed by atoms with Crippen molar-refractivity contribution in [2.75, 3.05) is 11.5 Å². The summed E-state index contributed by atoms with van der Waals surface area (Å²) in [4.78, 5) is 32.7. The molecular formula is C25H18N2O4. The highest BCUT2D eigenvalue weighted by Gasteiger charge is 2.44. The summed E-state index contributed by atoms with van der Waals surface area (Å²) >= 11 is 0. The smallest absolute Gasteiger partial charge is 0.296 e. The Morgan fingerprint density at radius 2 is 1.81 bits per heavy atom. The number of benzene rings is 2. The lowest BCUT2D eigenvalue weighted by molar-refractivity contribution is 0.0970. The highest BCUT2D eigenvalue weighted by atomic mass is 16.5. The third kappa shape index (κ3) is 3.09. The van der Waals surface area contributed by atoms with Gasteiger partial charge < -0.3 is 9.15 Å². The second-order valence-electron chi connectivity index (χ2n) is 7.10. The van der Waals surface area contributed by atoms with Gasteiger partial charge in [-0.2, -0.15) is 0 Å². The molecule has 5 rings (SSSR count). The first kappa shape index (κ1) is 18.8. The Balaban J connectivity index is 1.72. The molecule has 1 atom stereocenters. The lowest BCUT2D eigenvalue weighted by atomic mass is 9.98. The van der Waals surface area contributed by atoms with Crippen LogP contribution in [0, 0.1) is 0 Å². The summed E-state index contributed by atoms with van der Waals surface area (Å²) in [5.41, 5.74) is 1.23. The summed E-state index contributed by atoms with van der Waals surface area (Å²) in [6.45, 7) is 4.04. The van der Waals surface area contributed by atoms with Crippen LogP contribution in [-0.2, 0) is 0 Å². The van der Waals surface area contributed by atoms with Gasteiger partial charge in [-0.3, -0.25) is 14.5 Å². The maximum Gasteiger partial charge on any atom is 0.296 e. The van der Waals surface area contributed by atoms with Gasteiger partial charge in [0.25, 0.3) is 5.91 Å². The van der Waals surface area contributed by atoms with Crippen LogP contribution < -0.4 is 15.1 Å². The van der Waals surface area contributed by atoms with E-state index in [9.17, 15) is 9.59 Å². The average Bonchev–Trinajstić information content (AvgIpc) is 3.11. The van der Waals surface area contributed by atoms with E-state index in [1.165, 1.54) is 4.90 Å². The highest BCUT2D eigenvalue weighted by molar-refractivity contribution is 6.10. The van der Waals surface area contributed by atoms with Crippen molar-refractivity contribution in [3.8, 4) is 5.75 Å². The number of fused-ring (bicyclic) bond motifs is 2. The maximum absolute atomic E-state index is 13.4. The minimum atomic E-state index is -0.660. The normalized spacial score (nSPS) is 15.2. The van der Waals surface area contributed by atoms with Crippen molar-refractivity contribution in [2.24, 2.45) is 0 Å². The van der Waals surface area contributed by atoms with Gasteiger partial charge in [-0.15, -0.1) is 0 Å². The Kier molecular flexibility index (Phi) is 4.59. The molecule has 152 valence electrons. The molecule has 1 aliphatic heterocycles. The molecular weight excluding hydrogens is 392 g/mol. The summed E-state index contributed by atoms with van der Waals surface area (Å²) in [5, 5.41) is 0.438. The van der Waals surface area contributed by atoms with Crippen molar-refractivity contribution in [2.45, 2.75) is 6.04 Å². The summed E-state index contributed by atoms with van der Waals surface area (Å²) in [6.07, 6.45) is 3.28. The van der Waals surface area contributed by atoms with Crippen LogP contribution in [0.3, 0.4) is 0 Å². The fraction of sp³-hybridized carbons (Fsp3) is 0.0800. The second kappa shape index (κ2) is 7.57. The molecule has 0 N–H and O–H groups in total. The first-order chi connectivity index (χ1) is 15.2. The Hall–Kier alpha value is -4.19. The number of carbonyl (C=O) groups excluding carboxylic acids is 1. The van der Waals surface area contributed by atoms with Crippen molar-refractivity contribution < 1.29 is 13.9 Å². The fourth-order valence-electron chi connectivity index (χ4n) is 3.87. The van der Waals surface area contributed by atoms with Gasteiger partial charge in [-0.1, -0.05) is 43.0 Å². The molecule has 0 bridgehead atoms. The van der Waals surface area contributed by atoms with E-state index in [4.69, 9.17) is 9.15 Å². The topological polar surface area (TPSA) is 72.6 Å². The van der Waals surface area contributed by atoms with E-state index in [-0.39, 0.29) is 11.2 Å². The summed E-state index contributed by atoms with van der Waals surface area (Å²) in [7, 11) is 0. The Morgan fingerprint density at radius 1 is 1.03 bits per heavy atom. The van der Waals surface area contributed by atoms with E-state index in [2.05, 4.69) is 11.6 Å². The van der Waals surface area contributed by atoms with E-state index in [1.807, 2.05) is 12.1 Å².